The lowest BCUT2D eigenvalue weighted by Gasteiger charge is -2.08. The molecule has 4 N–H and O–H groups in total. The van der Waals surface area contributed by atoms with E-state index < -0.39 is 0 Å². The van der Waals surface area contributed by atoms with E-state index in [0.717, 1.165) is 45.6 Å². The normalized spacial score (nSPS) is 13.9. The highest BCUT2D eigenvalue weighted by Crippen LogP contribution is 2.05. The molecule has 0 unspecified atom stereocenters. The second-order valence-electron chi connectivity index (χ2n) is 4.67. The fourth-order valence-electron chi connectivity index (χ4n) is 1.98. The summed E-state index contributed by atoms with van der Waals surface area (Å²) in [4.78, 5) is 4.55. The molecule has 0 bridgehead atoms. The standard InChI is InChI=1S/C13H28N4.3ClH/c14-8-3-5-9-15-10-6-12-17-13-7-2-1-4-11-16-13;;;/h15H,1-12,14H2,(H,16,17);3*1H. The number of nitrogens with two attached hydrogens (primary N) is 1. The molecule has 0 fully saturated rings. The Bertz CT molecular complexity index is 216. The first-order chi connectivity index (χ1) is 8.43. The molecule has 0 spiro atoms. The van der Waals surface area contributed by atoms with Crippen LogP contribution in [0.2, 0.25) is 0 Å². The van der Waals surface area contributed by atoms with Crippen LogP contribution >= 0.6 is 37.2 Å². The van der Waals surface area contributed by atoms with E-state index in [1.807, 2.05) is 0 Å². The maximum atomic E-state index is 5.44. The molecule has 0 saturated heterocycles. The minimum Gasteiger partial charge on any atom is -0.374 e. The summed E-state index contributed by atoms with van der Waals surface area (Å²) in [6.45, 7) is 5.05. The predicted molar refractivity (Wildman–Crippen MR) is 96.3 cm³/mol. The topological polar surface area (TPSA) is 62.4 Å². The van der Waals surface area contributed by atoms with Gasteiger partial charge in [0.15, 0.2) is 0 Å². The fraction of sp³-hybridized carbons (Fsp3) is 0.923. The van der Waals surface area contributed by atoms with E-state index in [1.54, 1.807) is 0 Å². The Hall–Kier alpha value is 0.260. The lowest BCUT2D eigenvalue weighted by Crippen LogP contribution is -2.27. The molecule has 7 heteroatoms. The zero-order valence-corrected chi connectivity index (χ0v) is 14.7. The second kappa shape index (κ2) is 19.3. The molecule has 0 aromatic carbocycles. The van der Waals surface area contributed by atoms with Gasteiger partial charge in [0.1, 0.15) is 0 Å². The van der Waals surface area contributed by atoms with Gasteiger partial charge in [-0.3, -0.25) is 4.99 Å². The highest BCUT2D eigenvalue weighted by molar-refractivity contribution is 5.86. The quantitative estimate of drug-likeness (QED) is 0.590. The molecule has 0 radical (unpaired) electrons. The van der Waals surface area contributed by atoms with Crippen molar-refractivity contribution in [1.29, 1.82) is 0 Å². The molecule has 0 atom stereocenters. The monoisotopic (exact) mass is 348 g/mol. The summed E-state index contributed by atoms with van der Waals surface area (Å²) >= 11 is 0. The maximum Gasteiger partial charge on any atom is 0.0963 e. The van der Waals surface area contributed by atoms with Crippen molar-refractivity contribution in [3.63, 3.8) is 0 Å². The van der Waals surface area contributed by atoms with Gasteiger partial charge in [0.05, 0.1) is 5.84 Å². The third-order valence-corrected chi connectivity index (χ3v) is 3.04. The highest BCUT2D eigenvalue weighted by atomic mass is 35.5. The number of hydrogen-bond acceptors (Lipinski definition) is 4. The number of halogens is 3. The summed E-state index contributed by atoms with van der Waals surface area (Å²) in [5.74, 6) is 1.23. The van der Waals surface area contributed by atoms with Gasteiger partial charge in [0.25, 0.3) is 0 Å². The Morgan fingerprint density at radius 1 is 0.900 bits per heavy atom. The zero-order chi connectivity index (χ0) is 12.2. The van der Waals surface area contributed by atoms with E-state index in [0.29, 0.717) is 0 Å². The average molecular weight is 350 g/mol. The van der Waals surface area contributed by atoms with Crippen molar-refractivity contribution in [2.24, 2.45) is 10.7 Å². The number of rotatable bonds is 8. The first-order valence-electron chi connectivity index (χ1n) is 7.11. The zero-order valence-electron chi connectivity index (χ0n) is 12.2. The van der Waals surface area contributed by atoms with Gasteiger partial charge in [-0.1, -0.05) is 6.42 Å². The van der Waals surface area contributed by atoms with Crippen LogP contribution in [0.1, 0.15) is 44.9 Å². The van der Waals surface area contributed by atoms with Crippen molar-refractivity contribution in [2.75, 3.05) is 32.7 Å². The molecule has 1 rings (SSSR count). The van der Waals surface area contributed by atoms with Crippen LogP contribution in [-0.4, -0.2) is 38.6 Å². The van der Waals surface area contributed by atoms with Crippen LogP contribution in [0.4, 0.5) is 0 Å². The molecular formula is C13H31Cl3N4. The van der Waals surface area contributed by atoms with E-state index in [-0.39, 0.29) is 37.2 Å². The van der Waals surface area contributed by atoms with Crippen molar-refractivity contribution in [3.05, 3.63) is 0 Å². The fourth-order valence-corrected chi connectivity index (χ4v) is 1.98. The average Bonchev–Trinajstić information content (AvgIpc) is 2.61. The molecule has 0 saturated carbocycles. The number of nitrogens with zero attached hydrogens (tertiary/aromatic N) is 1. The molecule has 1 aliphatic rings. The minimum atomic E-state index is 0. The lowest BCUT2D eigenvalue weighted by molar-refractivity contribution is 0.601. The molecule has 4 nitrogen and oxygen atoms in total. The molecule has 0 aliphatic carbocycles. The molecule has 0 aromatic rings. The van der Waals surface area contributed by atoms with Gasteiger partial charge in [-0.25, -0.2) is 0 Å². The summed E-state index contributed by atoms with van der Waals surface area (Å²) in [7, 11) is 0. The molecule has 124 valence electrons. The third-order valence-electron chi connectivity index (χ3n) is 3.04. The van der Waals surface area contributed by atoms with Gasteiger partial charge in [-0.05, 0) is 51.7 Å². The van der Waals surface area contributed by atoms with E-state index in [2.05, 4.69) is 15.6 Å². The highest BCUT2D eigenvalue weighted by Gasteiger charge is 2.02. The summed E-state index contributed by atoms with van der Waals surface area (Å²) in [6.07, 6.45) is 8.51. The van der Waals surface area contributed by atoms with Crippen LogP contribution in [0, 0.1) is 0 Å². The number of nitrogens with one attached hydrogen (secondary N) is 2. The van der Waals surface area contributed by atoms with Crippen LogP contribution in [0.3, 0.4) is 0 Å². The van der Waals surface area contributed by atoms with Crippen LogP contribution in [0.15, 0.2) is 4.99 Å². The van der Waals surface area contributed by atoms with Gasteiger partial charge in [-0.2, -0.15) is 0 Å². The van der Waals surface area contributed by atoms with Crippen LogP contribution < -0.4 is 16.4 Å². The van der Waals surface area contributed by atoms with Crippen LogP contribution in [0.25, 0.3) is 0 Å². The van der Waals surface area contributed by atoms with Crippen LogP contribution in [-0.2, 0) is 0 Å². The molecule has 1 heterocycles. The molecule has 20 heavy (non-hydrogen) atoms. The number of amidine groups is 1. The molecule has 0 amide bonds. The SMILES string of the molecule is Cl.Cl.Cl.NCCCCNCCCNC1=NCCCCC1. The number of unbranched alkanes of at least 4 members (excludes halogenated alkanes) is 1. The molecular weight excluding hydrogens is 319 g/mol. The Kier molecular flexibility index (Phi) is 24.3. The van der Waals surface area contributed by atoms with Gasteiger partial charge >= 0.3 is 0 Å². The summed E-state index contributed by atoms with van der Waals surface area (Å²) in [5.41, 5.74) is 5.44. The minimum absolute atomic E-state index is 0. The molecule has 1 aliphatic heterocycles. The van der Waals surface area contributed by atoms with Gasteiger partial charge in [0, 0.05) is 19.5 Å². The Morgan fingerprint density at radius 2 is 1.65 bits per heavy atom. The van der Waals surface area contributed by atoms with Crippen molar-refractivity contribution < 1.29 is 0 Å². The Labute approximate surface area is 142 Å². The first kappa shape index (κ1) is 25.2. The largest absolute Gasteiger partial charge is 0.374 e. The van der Waals surface area contributed by atoms with E-state index in [9.17, 15) is 0 Å². The van der Waals surface area contributed by atoms with E-state index in [1.165, 1.54) is 37.9 Å². The summed E-state index contributed by atoms with van der Waals surface area (Å²) < 4.78 is 0. The smallest absolute Gasteiger partial charge is 0.0963 e. The second-order valence-corrected chi connectivity index (χ2v) is 4.67. The van der Waals surface area contributed by atoms with Gasteiger partial charge in [-0.15, -0.1) is 37.2 Å². The maximum absolute atomic E-state index is 5.44. The van der Waals surface area contributed by atoms with Crippen molar-refractivity contribution in [1.82, 2.24) is 10.6 Å². The van der Waals surface area contributed by atoms with Crippen molar-refractivity contribution in [2.45, 2.75) is 44.9 Å². The predicted octanol–water partition coefficient (Wildman–Crippen LogP) is 2.53. The van der Waals surface area contributed by atoms with E-state index >= 15 is 0 Å². The summed E-state index contributed by atoms with van der Waals surface area (Å²) in [6, 6.07) is 0. The van der Waals surface area contributed by atoms with Crippen LogP contribution in [0.5, 0.6) is 0 Å². The molecule has 0 aromatic heterocycles. The lowest BCUT2D eigenvalue weighted by atomic mass is 10.2. The summed E-state index contributed by atoms with van der Waals surface area (Å²) in [5, 5.41) is 6.89. The van der Waals surface area contributed by atoms with Crippen molar-refractivity contribution >= 4 is 43.1 Å². The number of aliphatic imine (C=N–C) groups is 1. The first-order valence-corrected chi connectivity index (χ1v) is 7.11. The Balaban J connectivity index is -0.000000963. The van der Waals surface area contributed by atoms with Crippen molar-refractivity contribution in [3.8, 4) is 0 Å². The third kappa shape index (κ3) is 14.7. The van der Waals surface area contributed by atoms with Gasteiger partial charge in [0.2, 0.25) is 0 Å². The Morgan fingerprint density at radius 3 is 2.40 bits per heavy atom. The van der Waals surface area contributed by atoms with E-state index in [4.69, 9.17) is 5.73 Å². The number of hydrogen-bond donors (Lipinski definition) is 3. The van der Waals surface area contributed by atoms with Gasteiger partial charge < -0.3 is 16.4 Å².